The molecular formula is C23H30O6. The van der Waals surface area contributed by atoms with Crippen molar-refractivity contribution >= 4 is 5.97 Å². The zero-order valence-electron chi connectivity index (χ0n) is 16.5. The lowest BCUT2D eigenvalue weighted by Crippen LogP contribution is -2.22. The van der Waals surface area contributed by atoms with E-state index in [0.717, 1.165) is 18.4 Å². The Morgan fingerprint density at radius 3 is 2.86 bits per heavy atom. The number of ether oxygens (including phenoxy) is 2. The highest BCUT2D eigenvalue weighted by Crippen LogP contribution is 2.40. The number of para-hydroxylation sites is 1. The fourth-order valence-electron chi connectivity index (χ4n) is 4.10. The molecule has 3 N–H and O–H groups in total. The molecule has 1 saturated carbocycles. The van der Waals surface area contributed by atoms with Gasteiger partial charge in [-0.1, -0.05) is 36.4 Å². The molecule has 1 fully saturated rings. The van der Waals surface area contributed by atoms with Gasteiger partial charge in [-0.15, -0.1) is 0 Å². The van der Waals surface area contributed by atoms with Crippen molar-refractivity contribution in [2.75, 3.05) is 13.2 Å². The van der Waals surface area contributed by atoms with E-state index in [1.807, 2.05) is 36.4 Å². The Morgan fingerprint density at radius 2 is 2.10 bits per heavy atom. The first kappa shape index (κ1) is 21.6. The molecule has 1 heterocycles. The first-order valence-electron chi connectivity index (χ1n) is 10.3. The number of carboxylic acids is 1. The second kappa shape index (κ2) is 10.6. The first-order chi connectivity index (χ1) is 14.0. The Labute approximate surface area is 171 Å². The summed E-state index contributed by atoms with van der Waals surface area (Å²) in [5.74, 6) is 0.000225. The number of carbonyl (C=O) groups is 1. The number of fused-ring (bicyclic) bond motifs is 1. The normalized spacial score (nSPS) is 27.9. The number of hydrogen-bond acceptors (Lipinski definition) is 5. The molecule has 6 heteroatoms. The number of aliphatic hydroxyl groups excluding tert-OH is 2. The topological polar surface area (TPSA) is 96.2 Å². The van der Waals surface area contributed by atoms with Gasteiger partial charge in [0.2, 0.25) is 0 Å². The van der Waals surface area contributed by atoms with Crippen LogP contribution in [0, 0.1) is 11.8 Å². The van der Waals surface area contributed by atoms with Crippen LogP contribution in [0.4, 0.5) is 0 Å². The van der Waals surface area contributed by atoms with E-state index in [1.165, 1.54) is 0 Å². The molecule has 1 aromatic rings. The van der Waals surface area contributed by atoms with Gasteiger partial charge in [0.1, 0.15) is 18.5 Å². The zero-order valence-corrected chi connectivity index (χ0v) is 16.5. The molecule has 1 aromatic carbocycles. The maximum atomic E-state index is 10.7. The highest BCUT2D eigenvalue weighted by molar-refractivity contribution is 5.66. The molecule has 0 spiro atoms. The van der Waals surface area contributed by atoms with Gasteiger partial charge in [0.05, 0.1) is 18.8 Å². The smallest absolute Gasteiger partial charge is 0.303 e. The molecule has 1 aliphatic heterocycles. The van der Waals surface area contributed by atoms with Crippen molar-refractivity contribution in [1.82, 2.24) is 0 Å². The fraction of sp³-hybridized carbons (Fsp3) is 0.522. The van der Waals surface area contributed by atoms with Gasteiger partial charge in [-0.2, -0.15) is 0 Å². The van der Waals surface area contributed by atoms with Crippen LogP contribution in [-0.2, 0) is 9.53 Å². The second-order valence-corrected chi connectivity index (χ2v) is 7.82. The number of aliphatic hydroxyl groups is 2. The fourth-order valence-corrected chi connectivity index (χ4v) is 4.10. The molecule has 29 heavy (non-hydrogen) atoms. The van der Waals surface area contributed by atoms with Gasteiger partial charge in [-0.25, -0.2) is 0 Å². The molecule has 0 radical (unpaired) electrons. The molecule has 2 aliphatic rings. The van der Waals surface area contributed by atoms with Gasteiger partial charge >= 0.3 is 5.97 Å². The van der Waals surface area contributed by atoms with Crippen LogP contribution in [0.1, 0.15) is 32.1 Å². The van der Waals surface area contributed by atoms with Crippen LogP contribution in [0.2, 0.25) is 0 Å². The van der Waals surface area contributed by atoms with Crippen LogP contribution in [-0.4, -0.2) is 52.8 Å². The van der Waals surface area contributed by atoms with E-state index in [9.17, 15) is 15.0 Å². The monoisotopic (exact) mass is 402 g/mol. The number of benzene rings is 1. The van der Waals surface area contributed by atoms with Crippen LogP contribution >= 0.6 is 0 Å². The Hall–Kier alpha value is -2.15. The first-order valence-corrected chi connectivity index (χ1v) is 10.3. The van der Waals surface area contributed by atoms with Gasteiger partial charge in [0.25, 0.3) is 0 Å². The second-order valence-electron chi connectivity index (χ2n) is 7.82. The van der Waals surface area contributed by atoms with Crippen LogP contribution < -0.4 is 4.74 Å². The van der Waals surface area contributed by atoms with Crippen molar-refractivity contribution in [2.45, 2.75) is 50.4 Å². The summed E-state index contributed by atoms with van der Waals surface area (Å²) in [6.45, 7) is 0.652. The maximum Gasteiger partial charge on any atom is 0.303 e. The third-order valence-corrected chi connectivity index (χ3v) is 5.66. The van der Waals surface area contributed by atoms with Crippen molar-refractivity contribution in [1.29, 1.82) is 0 Å². The van der Waals surface area contributed by atoms with Crippen LogP contribution in [0.3, 0.4) is 0 Å². The summed E-state index contributed by atoms with van der Waals surface area (Å²) in [5.41, 5.74) is 1.13. The Bertz CT molecular complexity index is 713. The quantitative estimate of drug-likeness (QED) is 0.550. The third kappa shape index (κ3) is 6.42. The maximum absolute atomic E-state index is 10.7. The zero-order chi connectivity index (χ0) is 20.6. The van der Waals surface area contributed by atoms with E-state index in [4.69, 9.17) is 14.6 Å². The molecule has 1 aliphatic carbocycles. The average Bonchev–Trinajstić information content (AvgIpc) is 2.87. The van der Waals surface area contributed by atoms with Crippen molar-refractivity contribution in [3.05, 3.63) is 54.1 Å². The number of allylic oxidation sites excluding steroid dienone is 1. The largest absolute Gasteiger partial charge is 0.491 e. The predicted molar refractivity (Wildman–Crippen MR) is 109 cm³/mol. The average molecular weight is 402 g/mol. The summed E-state index contributed by atoms with van der Waals surface area (Å²) in [5, 5.41) is 29.5. The van der Waals surface area contributed by atoms with Crippen LogP contribution in [0.5, 0.6) is 5.75 Å². The lowest BCUT2D eigenvalue weighted by atomic mass is 9.89. The molecule has 0 amide bonds. The summed E-state index contributed by atoms with van der Waals surface area (Å²) in [6.07, 6.45) is 7.32. The summed E-state index contributed by atoms with van der Waals surface area (Å²) < 4.78 is 11.6. The molecular weight excluding hydrogens is 372 g/mol. The van der Waals surface area contributed by atoms with Crippen molar-refractivity contribution in [3.8, 4) is 5.75 Å². The number of rotatable bonds is 9. The molecule has 0 bridgehead atoms. The third-order valence-electron chi connectivity index (χ3n) is 5.66. The highest BCUT2D eigenvalue weighted by Gasteiger charge is 2.42. The molecule has 6 nitrogen and oxygen atoms in total. The number of aliphatic carboxylic acids is 1. The molecule has 158 valence electrons. The van der Waals surface area contributed by atoms with Crippen molar-refractivity contribution < 1.29 is 29.6 Å². The lowest BCUT2D eigenvalue weighted by Gasteiger charge is -2.20. The van der Waals surface area contributed by atoms with Crippen molar-refractivity contribution in [3.63, 3.8) is 0 Å². The van der Waals surface area contributed by atoms with Gasteiger partial charge in [0, 0.05) is 18.8 Å². The summed E-state index contributed by atoms with van der Waals surface area (Å²) in [7, 11) is 0. The summed E-state index contributed by atoms with van der Waals surface area (Å²) >= 11 is 0. The molecule has 3 rings (SSSR count). The van der Waals surface area contributed by atoms with Gasteiger partial charge in [-0.05, 0) is 42.9 Å². The highest BCUT2D eigenvalue weighted by atomic mass is 16.5. The van der Waals surface area contributed by atoms with Crippen LogP contribution in [0.15, 0.2) is 54.1 Å². The van der Waals surface area contributed by atoms with Gasteiger partial charge in [0.15, 0.2) is 0 Å². The Morgan fingerprint density at radius 1 is 1.31 bits per heavy atom. The Kier molecular flexibility index (Phi) is 7.86. The summed E-state index contributed by atoms with van der Waals surface area (Å²) in [6, 6.07) is 9.34. The standard InChI is InChI=1S/C23H30O6/c24-17(15-28-18-6-2-1-3-7-18)10-12-19-20-11-9-16(5-4-8-23(26)27)14-29-22(20)13-21(19)25/h1-3,6-7,9-10,12,17,19-22,24-25H,4-5,8,11,13-15H2,(H,26,27)/b12-10+/t17-,19-,20-,21-,22-/m1/s1. The SMILES string of the molecule is O=C(O)CCCC1=CC[C@@H]2[C@@H](/C=C/[C@@H](O)COc3ccccc3)[C@H](O)C[C@H]2OC1. The van der Waals surface area contributed by atoms with Crippen molar-refractivity contribution in [2.24, 2.45) is 11.8 Å². The molecule has 0 unspecified atom stereocenters. The molecule has 5 atom stereocenters. The predicted octanol–water partition coefficient (Wildman–Crippen LogP) is 2.95. The number of carboxylic acid groups (broad SMARTS) is 1. The van der Waals surface area contributed by atoms with E-state index in [2.05, 4.69) is 6.08 Å². The van der Waals surface area contributed by atoms with Gasteiger partial charge in [-0.3, -0.25) is 4.79 Å². The van der Waals surface area contributed by atoms with Crippen LogP contribution in [0.25, 0.3) is 0 Å². The minimum atomic E-state index is -0.778. The van der Waals surface area contributed by atoms with E-state index in [0.29, 0.717) is 25.2 Å². The van der Waals surface area contributed by atoms with E-state index in [1.54, 1.807) is 6.08 Å². The Balaban J connectivity index is 1.52. The molecule has 0 aromatic heterocycles. The minimum Gasteiger partial charge on any atom is -0.491 e. The van der Waals surface area contributed by atoms with E-state index >= 15 is 0 Å². The minimum absolute atomic E-state index is 0.0226. The van der Waals surface area contributed by atoms with Gasteiger partial charge < -0.3 is 24.8 Å². The lowest BCUT2D eigenvalue weighted by molar-refractivity contribution is -0.137. The van der Waals surface area contributed by atoms with E-state index in [-0.39, 0.29) is 31.0 Å². The van der Waals surface area contributed by atoms with E-state index < -0.39 is 18.2 Å². The number of hydrogen-bond donors (Lipinski definition) is 3. The summed E-state index contributed by atoms with van der Waals surface area (Å²) in [4.78, 5) is 10.7. The molecule has 0 saturated heterocycles.